The van der Waals surface area contributed by atoms with E-state index in [0.717, 1.165) is 18.7 Å². The van der Waals surface area contributed by atoms with Crippen molar-refractivity contribution in [1.82, 2.24) is 14.4 Å². The van der Waals surface area contributed by atoms with Crippen molar-refractivity contribution in [2.45, 2.75) is 19.5 Å². The molecule has 0 radical (unpaired) electrons. The van der Waals surface area contributed by atoms with Crippen LogP contribution in [0.1, 0.15) is 27.0 Å². The quantitative estimate of drug-likeness (QED) is 0.691. The van der Waals surface area contributed by atoms with Gasteiger partial charge in [-0.1, -0.05) is 36.4 Å². The summed E-state index contributed by atoms with van der Waals surface area (Å²) in [6.45, 7) is 2.19. The van der Waals surface area contributed by atoms with Crippen LogP contribution in [0.2, 0.25) is 0 Å². The molecule has 0 unspecified atom stereocenters. The van der Waals surface area contributed by atoms with Gasteiger partial charge in [0.2, 0.25) is 0 Å². The summed E-state index contributed by atoms with van der Waals surface area (Å²) in [5, 5.41) is 0. The molecule has 5 heteroatoms. The maximum absolute atomic E-state index is 13.1. The van der Waals surface area contributed by atoms with Crippen molar-refractivity contribution in [3.63, 3.8) is 0 Å². The third kappa shape index (κ3) is 4.15. The molecule has 1 aromatic heterocycles. The zero-order valence-corrected chi connectivity index (χ0v) is 16.8. The molecule has 0 N–H and O–H groups in total. The van der Waals surface area contributed by atoms with Crippen molar-refractivity contribution < 1.29 is 4.79 Å². The Morgan fingerprint density at radius 2 is 1.79 bits per heavy atom. The van der Waals surface area contributed by atoms with Gasteiger partial charge in [0, 0.05) is 37.6 Å². The molecular formula is C24H25N3O2. The number of amides is 1. The summed E-state index contributed by atoms with van der Waals surface area (Å²) >= 11 is 0. The Morgan fingerprint density at radius 1 is 1.00 bits per heavy atom. The lowest BCUT2D eigenvalue weighted by Gasteiger charge is -2.29. The number of nitrogens with zero attached hydrogens (tertiary/aromatic N) is 3. The van der Waals surface area contributed by atoms with Crippen LogP contribution in [-0.4, -0.2) is 40.9 Å². The number of aromatic nitrogens is 1. The molecule has 5 nitrogen and oxygen atoms in total. The zero-order chi connectivity index (χ0) is 20.4. The second kappa shape index (κ2) is 8.05. The number of para-hydroxylation sites is 1. The van der Waals surface area contributed by atoms with E-state index in [1.807, 2.05) is 35.2 Å². The van der Waals surface area contributed by atoms with Crippen LogP contribution in [0.4, 0.5) is 0 Å². The molecule has 0 bridgehead atoms. The highest BCUT2D eigenvalue weighted by Gasteiger charge is 2.22. The number of fused-ring (bicyclic) bond motifs is 1. The number of carbonyl (C=O) groups excluding carboxylic acids is 1. The molecule has 0 saturated carbocycles. The van der Waals surface area contributed by atoms with Crippen LogP contribution in [0.3, 0.4) is 0 Å². The van der Waals surface area contributed by atoms with Crippen molar-refractivity contribution in [2.75, 3.05) is 20.6 Å². The SMILES string of the molecule is CN(C)Cc1ccc2c(c1)CCN(C(=O)c1ccc(=O)n(-c3ccccc3)c1)C2. The fourth-order valence-corrected chi connectivity index (χ4v) is 3.83. The average molecular weight is 387 g/mol. The van der Waals surface area contributed by atoms with Gasteiger partial charge in [-0.05, 0) is 55.4 Å². The fourth-order valence-electron chi connectivity index (χ4n) is 3.83. The van der Waals surface area contributed by atoms with Gasteiger partial charge in [0.25, 0.3) is 11.5 Å². The second-order valence-electron chi connectivity index (χ2n) is 7.78. The van der Waals surface area contributed by atoms with E-state index in [2.05, 4.69) is 37.2 Å². The monoisotopic (exact) mass is 387 g/mol. The molecule has 4 rings (SSSR count). The number of benzene rings is 2. The standard InChI is InChI=1S/C24H25N3O2/c1-25(2)15-18-8-9-20-16-26(13-12-19(20)14-18)24(29)21-10-11-23(28)27(17-21)22-6-4-3-5-7-22/h3-11,14,17H,12-13,15-16H2,1-2H3. The fraction of sp³-hybridized carbons (Fsp3) is 0.250. The van der Waals surface area contributed by atoms with E-state index < -0.39 is 0 Å². The first kappa shape index (κ1) is 19.2. The van der Waals surface area contributed by atoms with E-state index >= 15 is 0 Å². The lowest BCUT2D eigenvalue weighted by molar-refractivity contribution is 0.0734. The van der Waals surface area contributed by atoms with Crippen LogP contribution in [0.25, 0.3) is 5.69 Å². The first-order chi connectivity index (χ1) is 14.0. The molecule has 148 valence electrons. The predicted molar refractivity (Wildman–Crippen MR) is 114 cm³/mol. The van der Waals surface area contributed by atoms with Crippen LogP contribution in [-0.2, 0) is 19.5 Å². The maximum Gasteiger partial charge on any atom is 0.255 e. The Balaban J connectivity index is 1.56. The summed E-state index contributed by atoms with van der Waals surface area (Å²) in [6, 6.07) is 19.0. The molecule has 0 saturated heterocycles. The summed E-state index contributed by atoms with van der Waals surface area (Å²) in [5.74, 6) is -0.0438. The first-order valence-corrected chi connectivity index (χ1v) is 9.84. The molecule has 1 amide bonds. The van der Waals surface area contributed by atoms with Crippen LogP contribution >= 0.6 is 0 Å². The number of hydrogen-bond donors (Lipinski definition) is 0. The predicted octanol–water partition coefficient (Wildman–Crippen LogP) is 3.10. The van der Waals surface area contributed by atoms with Crippen molar-refractivity contribution in [1.29, 1.82) is 0 Å². The van der Waals surface area contributed by atoms with Gasteiger partial charge in [0.05, 0.1) is 5.56 Å². The van der Waals surface area contributed by atoms with Gasteiger partial charge in [0.1, 0.15) is 0 Å². The zero-order valence-electron chi connectivity index (χ0n) is 16.8. The van der Waals surface area contributed by atoms with E-state index in [-0.39, 0.29) is 11.5 Å². The second-order valence-corrected chi connectivity index (χ2v) is 7.78. The summed E-state index contributed by atoms with van der Waals surface area (Å²) in [6.07, 6.45) is 2.50. The average Bonchev–Trinajstić information content (AvgIpc) is 2.73. The van der Waals surface area contributed by atoms with E-state index in [9.17, 15) is 9.59 Å². The van der Waals surface area contributed by atoms with E-state index in [4.69, 9.17) is 0 Å². The lowest BCUT2D eigenvalue weighted by Crippen LogP contribution is -2.36. The Bertz CT molecular complexity index is 1090. The summed E-state index contributed by atoms with van der Waals surface area (Å²) in [7, 11) is 4.13. The van der Waals surface area contributed by atoms with Crippen molar-refractivity contribution in [3.05, 3.63) is 99.5 Å². The Hall–Kier alpha value is -3.18. The summed E-state index contributed by atoms with van der Waals surface area (Å²) in [5.41, 5.74) is 4.95. The van der Waals surface area contributed by atoms with Gasteiger partial charge in [0.15, 0.2) is 0 Å². The van der Waals surface area contributed by atoms with E-state index in [0.29, 0.717) is 18.7 Å². The molecule has 2 aromatic carbocycles. The van der Waals surface area contributed by atoms with Crippen LogP contribution in [0.5, 0.6) is 0 Å². The number of rotatable bonds is 4. The highest BCUT2D eigenvalue weighted by Crippen LogP contribution is 2.22. The maximum atomic E-state index is 13.1. The minimum absolute atomic E-state index is 0.0438. The summed E-state index contributed by atoms with van der Waals surface area (Å²) in [4.78, 5) is 29.4. The van der Waals surface area contributed by atoms with Gasteiger partial charge in [-0.15, -0.1) is 0 Å². The van der Waals surface area contributed by atoms with Gasteiger partial charge >= 0.3 is 0 Å². The Kier molecular flexibility index (Phi) is 5.32. The topological polar surface area (TPSA) is 45.6 Å². The van der Waals surface area contributed by atoms with Crippen molar-refractivity contribution >= 4 is 5.91 Å². The number of pyridine rings is 1. The molecular weight excluding hydrogens is 362 g/mol. The third-order valence-electron chi connectivity index (χ3n) is 5.26. The molecule has 2 heterocycles. The molecule has 0 aliphatic carbocycles. The number of hydrogen-bond acceptors (Lipinski definition) is 3. The molecule has 3 aromatic rings. The Morgan fingerprint density at radius 3 is 2.55 bits per heavy atom. The molecule has 0 fully saturated rings. The van der Waals surface area contributed by atoms with E-state index in [1.54, 1.807) is 12.3 Å². The van der Waals surface area contributed by atoms with Gasteiger partial charge < -0.3 is 9.80 Å². The van der Waals surface area contributed by atoms with E-state index in [1.165, 1.54) is 27.3 Å². The molecule has 1 aliphatic rings. The smallest absolute Gasteiger partial charge is 0.255 e. The molecule has 29 heavy (non-hydrogen) atoms. The van der Waals surface area contributed by atoms with Crippen molar-refractivity contribution in [3.8, 4) is 5.69 Å². The van der Waals surface area contributed by atoms with Gasteiger partial charge in [-0.3, -0.25) is 14.2 Å². The highest BCUT2D eigenvalue weighted by molar-refractivity contribution is 5.94. The van der Waals surface area contributed by atoms with Crippen molar-refractivity contribution in [2.24, 2.45) is 0 Å². The normalized spacial score (nSPS) is 13.4. The molecule has 0 spiro atoms. The summed E-state index contributed by atoms with van der Waals surface area (Å²) < 4.78 is 1.53. The molecule has 0 atom stereocenters. The van der Waals surface area contributed by atoms with Crippen LogP contribution < -0.4 is 5.56 Å². The van der Waals surface area contributed by atoms with Gasteiger partial charge in [-0.2, -0.15) is 0 Å². The largest absolute Gasteiger partial charge is 0.334 e. The van der Waals surface area contributed by atoms with Crippen LogP contribution in [0, 0.1) is 0 Å². The first-order valence-electron chi connectivity index (χ1n) is 9.84. The van der Waals surface area contributed by atoms with Crippen LogP contribution in [0.15, 0.2) is 71.7 Å². The minimum atomic E-state index is -0.148. The third-order valence-corrected chi connectivity index (χ3v) is 5.26. The number of carbonyl (C=O) groups is 1. The lowest BCUT2D eigenvalue weighted by atomic mass is 9.96. The highest BCUT2D eigenvalue weighted by atomic mass is 16.2. The minimum Gasteiger partial charge on any atom is -0.334 e. The Labute approximate surface area is 170 Å². The van der Waals surface area contributed by atoms with Gasteiger partial charge in [-0.25, -0.2) is 0 Å². The molecule has 1 aliphatic heterocycles.